The SMILES string of the molecule is C1=NN=N[NH2+]1.[I-]. The normalized spacial score (nSPS) is 14.7. The van der Waals surface area contributed by atoms with Gasteiger partial charge in [-0.15, -0.1) is 0 Å². The predicted molar refractivity (Wildman–Crippen MR) is 15.3 cm³/mol. The Morgan fingerprint density at radius 2 is 2.33 bits per heavy atom. The Hall–Kier alpha value is -0.0400. The van der Waals surface area contributed by atoms with Gasteiger partial charge >= 0.3 is 0 Å². The van der Waals surface area contributed by atoms with Crippen LogP contribution < -0.4 is 29.4 Å². The number of hydrogen-bond acceptors (Lipinski definition) is 3. The molecular weight excluding hydrogens is 195 g/mol. The summed E-state index contributed by atoms with van der Waals surface area (Å²) in [5.41, 5.74) is 1.53. The van der Waals surface area contributed by atoms with Gasteiger partial charge in [0.2, 0.25) is 6.34 Å². The number of hydrogen-bond donors (Lipinski definition) is 1. The second-order valence-electron chi connectivity index (χ2n) is 0.619. The summed E-state index contributed by atoms with van der Waals surface area (Å²) in [5, 5.41) is 9.94. The van der Waals surface area contributed by atoms with Gasteiger partial charge in [-0.25, -0.2) is 0 Å². The standard InChI is InChI=1S/CH2N4.HI/c1-2-4-5-3-1;/h1H,(H,2,3,4,5);1H. The highest BCUT2D eigenvalue weighted by atomic mass is 127. The zero-order valence-electron chi connectivity index (χ0n) is 2.87. The van der Waals surface area contributed by atoms with Crippen molar-refractivity contribution in [1.29, 1.82) is 0 Å². The minimum Gasteiger partial charge on any atom is -1.00 e. The van der Waals surface area contributed by atoms with Gasteiger partial charge in [0, 0.05) is 5.22 Å². The maximum Gasteiger partial charge on any atom is 0.236 e. The molecule has 0 saturated heterocycles. The Labute approximate surface area is 51.7 Å². The zero-order chi connectivity index (χ0) is 3.54. The molecule has 0 aliphatic carbocycles. The topological polar surface area (TPSA) is 53.7 Å². The van der Waals surface area contributed by atoms with Gasteiger partial charge in [-0.1, -0.05) is 5.10 Å². The van der Waals surface area contributed by atoms with E-state index in [2.05, 4.69) is 15.5 Å². The highest BCUT2D eigenvalue weighted by molar-refractivity contribution is 5.41. The first-order chi connectivity index (χ1) is 2.50. The second-order valence-corrected chi connectivity index (χ2v) is 0.619. The Kier molecular flexibility index (Phi) is 3.14. The number of rotatable bonds is 0. The van der Waals surface area contributed by atoms with Crippen LogP contribution in [-0.2, 0) is 0 Å². The number of nitrogens with zero attached hydrogens (tertiary/aromatic N) is 3. The van der Waals surface area contributed by atoms with Gasteiger partial charge in [0.05, 0.1) is 5.22 Å². The Morgan fingerprint density at radius 3 is 2.50 bits per heavy atom. The third kappa shape index (κ3) is 1.41. The van der Waals surface area contributed by atoms with E-state index in [9.17, 15) is 0 Å². The maximum absolute atomic E-state index is 3.36. The molecule has 4 nitrogen and oxygen atoms in total. The van der Waals surface area contributed by atoms with Crippen molar-refractivity contribution in [2.75, 3.05) is 0 Å². The second kappa shape index (κ2) is 3.16. The van der Waals surface area contributed by atoms with E-state index in [0.717, 1.165) is 0 Å². The van der Waals surface area contributed by atoms with Crippen molar-refractivity contribution in [3.8, 4) is 0 Å². The van der Waals surface area contributed by atoms with Crippen LogP contribution in [0.5, 0.6) is 0 Å². The van der Waals surface area contributed by atoms with Crippen molar-refractivity contribution in [2.45, 2.75) is 0 Å². The van der Waals surface area contributed by atoms with Gasteiger partial charge in [0.15, 0.2) is 0 Å². The van der Waals surface area contributed by atoms with Gasteiger partial charge < -0.3 is 24.0 Å². The predicted octanol–water partition coefficient (Wildman–Crippen LogP) is -4.12. The van der Waals surface area contributed by atoms with Crippen LogP contribution in [-0.4, -0.2) is 6.34 Å². The fourth-order valence-electron chi connectivity index (χ4n) is 0.149. The molecule has 0 spiro atoms. The molecule has 0 aromatic heterocycles. The molecule has 0 unspecified atom stereocenters. The summed E-state index contributed by atoms with van der Waals surface area (Å²) in [7, 11) is 0. The quantitative estimate of drug-likeness (QED) is 0.303. The third-order valence-corrected chi connectivity index (χ3v) is 0.303. The lowest BCUT2D eigenvalue weighted by atomic mass is 11.4. The number of quaternary nitrogens is 1. The summed E-state index contributed by atoms with van der Waals surface area (Å²) >= 11 is 0. The summed E-state index contributed by atoms with van der Waals surface area (Å²) in [6.07, 6.45) is 1.53. The summed E-state index contributed by atoms with van der Waals surface area (Å²) in [4.78, 5) is 0. The minimum absolute atomic E-state index is 0. The van der Waals surface area contributed by atoms with Gasteiger partial charge in [-0.2, -0.15) is 5.43 Å². The molecule has 0 amide bonds. The zero-order valence-corrected chi connectivity index (χ0v) is 5.03. The summed E-state index contributed by atoms with van der Waals surface area (Å²) in [6.45, 7) is 0. The molecule has 34 valence electrons. The molecule has 1 aliphatic rings. The lowest BCUT2D eigenvalue weighted by Crippen LogP contribution is -3.00. The largest absolute Gasteiger partial charge is 1.00 e. The van der Waals surface area contributed by atoms with E-state index in [-0.39, 0.29) is 24.0 Å². The van der Waals surface area contributed by atoms with Crippen LogP contribution in [0.3, 0.4) is 0 Å². The van der Waals surface area contributed by atoms with E-state index in [1.165, 1.54) is 11.8 Å². The monoisotopic (exact) mass is 198 g/mol. The van der Waals surface area contributed by atoms with Gasteiger partial charge in [-0.3, -0.25) is 0 Å². The van der Waals surface area contributed by atoms with E-state index >= 15 is 0 Å². The van der Waals surface area contributed by atoms with Crippen LogP contribution in [0.4, 0.5) is 0 Å². The molecular formula is CH3IN4. The van der Waals surface area contributed by atoms with Crippen LogP contribution in [0.1, 0.15) is 0 Å². The fraction of sp³-hybridized carbons (Fsp3) is 0. The average Bonchev–Trinajstić information content (AvgIpc) is 1.76. The summed E-state index contributed by atoms with van der Waals surface area (Å²) < 4.78 is 0. The molecule has 0 bridgehead atoms. The molecule has 6 heavy (non-hydrogen) atoms. The highest BCUT2D eigenvalue weighted by Crippen LogP contribution is 1.64. The summed E-state index contributed by atoms with van der Waals surface area (Å²) in [6, 6.07) is 0. The third-order valence-electron chi connectivity index (χ3n) is 0.303. The van der Waals surface area contributed by atoms with Crippen LogP contribution in [0.2, 0.25) is 0 Å². The molecule has 5 heteroatoms. The first kappa shape index (κ1) is 5.96. The fourth-order valence-corrected chi connectivity index (χ4v) is 0.149. The molecule has 0 saturated carbocycles. The van der Waals surface area contributed by atoms with Crippen LogP contribution in [0.15, 0.2) is 15.5 Å². The van der Waals surface area contributed by atoms with E-state index in [1.807, 2.05) is 0 Å². The van der Waals surface area contributed by atoms with E-state index in [4.69, 9.17) is 0 Å². The van der Waals surface area contributed by atoms with Crippen molar-refractivity contribution < 1.29 is 29.4 Å². The molecule has 2 N–H and O–H groups in total. The van der Waals surface area contributed by atoms with Gasteiger partial charge in [-0.05, 0) is 0 Å². The number of nitrogens with two attached hydrogens (primary N) is 1. The maximum atomic E-state index is 3.36. The van der Waals surface area contributed by atoms with E-state index in [0.29, 0.717) is 0 Å². The molecule has 0 fully saturated rings. The van der Waals surface area contributed by atoms with Crippen molar-refractivity contribution in [1.82, 2.24) is 0 Å². The molecule has 1 rings (SSSR count). The molecule has 0 radical (unpaired) electrons. The first-order valence-electron chi connectivity index (χ1n) is 1.25. The number of halogens is 1. The Balaban J connectivity index is 0.000000250. The van der Waals surface area contributed by atoms with Gasteiger partial charge in [0.1, 0.15) is 0 Å². The molecule has 0 atom stereocenters. The van der Waals surface area contributed by atoms with Crippen molar-refractivity contribution in [2.24, 2.45) is 15.5 Å². The average molecular weight is 198 g/mol. The van der Waals surface area contributed by atoms with Crippen LogP contribution >= 0.6 is 0 Å². The summed E-state index contributed by atoms with van der Waals surface area (Å²) in [5.74, 6) is 0. The van der Waals surface area contributed by atoms with Crippen LogP contribution in [0.25, 0.3) is 0 Å². The Morgan fingerprint density at radius 1 is 1.50 bits per heavy atom. The lowest BCUT2D eigenvalue weighted by molar-refractivity contribution is -0.538. The van der Waals surface area contributed by atoms with E-state index in [1.54, 1.807) is 0 Å². The molecule has 0 aromatic carbocycles. The lowest BCUT2D eigenvalue weighted by Gasteiger charge is -1.52. The molecule has 0 aromatic rings. The smallest absolute Gasteiger partial charge is 0.236 e. The Bertz CT molecular complexity index is 65.6. The van der Waals surface area contributed by atoms with Crippen molar-refractivity contribution >= 4 is 6.34 Å². The minimum atomic E-state index is 0. The van der Waals surface area contributed by atoms with E-state index < -0.39 is 0 Å². The van der Waals surface area contributed by atoms with Crippen molar-refractivity contribution in [3.05, 3.63) is 0 Å². The molecule has 1 heterocycles. The highest BCUT2D eigenvalue weighted by Gasteiger charge is 1.79. The molecule has 1 aliphatic heterocycles. The van der Waals surface area contributed by atoms with Gasteiger partial charge in [0.25, 0.3) is 0 Å². The van der Waals surface area contributed by atoms with Crippen LogP contribution in [0, 0.1) is 0 Å². The van der Waals surface area contributed by atoms with Crippen molar-refractivity contribution in [3.63, 3.8) is 0 Å². The first-order valence-corrected chi connectivity index (χ1v) is 1.25.